The van der Waals surface area contributed by atoms with Crippen LogP contribution in [0.25, 0.3) is 28.1 Å². The van der Waals surface area contributed by atoms with Crippen LogP contribution in [0.2, 0.25) is 0 Å². The van der Waals surface area contributed by atoms with Gasteiger partial charge < -0.3 is 0 Å². The Kier molecular flexibility index (Phi) is 5.74. The summed E-state index contributed by atoms with van der Waals surface area (Å²) in [5.41, 5.74) is 5.72. The van der Waals surface area contributed by atoms with E-state index in [1.54, 1.807) is 19.3 Å². The summed E-state index contributed by atoms with van der Waals surface area (Å²) in [5, 5.41) is 4.83. The van der Waals surface area contributed by atoms with Gasteiger partial charge in [0.15, 0.2) is 0 Å². The molecule has 0 amide bonds. The molecule has 4 rings (SSSR count). The van der Waals surface area contributed by atoms with Crippen LogP contribution >= 0.6 is 0 Å². The van der Waals surface area contributed by atoms with Crippen molar-refractivity contribution < 1.29 is 8.42 Å². The number of hydrogen-bond acceptors (Lipinski definition) is 4. The van der Waals surface area contributed by atoms with E-state index >= 15 is 0 Å². The molecule has 0 bridgehead atoms. The first-order chi connectivity index (χ1) is 14.6. The molecule has 0 fully saturated rings. The van der Waals surface area contributed by atoms with Crippen LogP contribution in [0.15, 0.2) is 85.3 Å². The summed E-state index contributed by atoms with van der Waals surface area (Å²) in [6.07, 6.45) is 5.52. The molecular weight excluding hydrogens is 396 g/mol. The maximum atomic E-state index is 11.7. The van der Waals surface area contributed by atoms with Crippen molar-refractivity contribution in [3.8, 4) is 28.1 Å². The fourth-order valence-electron chi connectivity index (χ4n) is 3.12. The van der Waals surface area contributed by atoms with Crippen molar-refractivity contribution in [1.82, 2.24) is 19.5 Å². The Morgan fingerprint density at radius 1 is 0.900 bits per heavy atom. The summed E-state index contributed by atoms with van der Waals surface area (Å²) >= 11 is 0. The molecule has 30 heavy (non-hydrogen) atoms. The Hall–Kier alpha value is -3.29. The van der Waals surface area contributed by atoms with Crippen molar-refractivity contribution >= 4 is 10.0 Å². The van der Waals surface area contributed by atoms with Gasteiger partial charge in [0.05, 0.1) is 11.4 Å². The lowest BCUT2D eigenvalue weighted by molar-refractivity contribution is 0.582. The lowest BCUT2D eigenvalue weighted by Gasteiger charge is -2.06. The van der Waals surface area contributed by atoms with Gasteiger partial charge in [-0.05, 0) is 42.3 Å². The number of nitrogens with one attached hydrogen (secondary N) is 1. The molecule has 0 atom stereocenters. The van der Waals surface area contributed by atoms with E-state index in [4.69, 9.17) is 5.10 Å². The Morgan fingerprint density at radius 2 is 1.60 bits per heavy atom. The molecule has 0 aliphatic rings. The monoisotopic (exact) mass is 418 g/mol. The number of nitrogens with zero attached hydrogens (tertiary/aromatic N) is 3. The smallest absolute Gasteiger partial charge is 0.211 e. The van der Waals surface area contributed by atoms with Gasteiger partial charge >= 0.3 is 0 Å². The molecule has 0 aliphatic heterocycles. The van der Waals surface area contributed by atoms with Gasteiger partial charge in [-0.3, -0.25) is 4.98 Å². The highest BCUT2D eigenvalue weighted by Gasteiger charge is 2.14. The van der Waals surface area contributed by atoms with Crippen LogP contribution in [0.5, 0.6) is 0 Å². The molecule has 2 aromatic heterocycles. The first kappa shape index (κ1) is 20.0. The Labute approximate surface area is 176 Å². The summed E-state index contributed by atoms with van der Waals surface area (Å²) in [6.45, 7) is 1.90. The number of para-hydroxylation sites is 1. The van der Waals surface area contributed by atoms with Crippen LogP contribution in [0.1, 0.15) is 12.5 Å². The summed E-state index contributed by atoms with van der Waals surface area (Å²) in [4.78, 5) is 4.11. The summed E-state index contributed by atoms with van der Waals surface area (Å²) < 4.78 is 27.8. The van der Waals surface area contributed by atoms with Crippen LogP contribution in [0.3, 0.4) is 0 Å². The van der Waals surface area contributed by atoms with Gasteiger partial charge in [-0.25, -0.2) is 17.8 Å². The second-order valence-electron chi connectivity index (χ2n) is 6.83. The number of rotatable bonds is 7. The number of sulfonamides is 1. The summed E-state index contributed by atoms with van der Waals surface area (Å²) in [7, 11) is -3.22. The van der Waals surface area contributed by atoms with Gasteiger partial charge in [-0.15, -0.1) is 0 Å². The lowest BCUT2D eigenvalue weighted by atomic mass is 10.0. The van der Waals surface area contributed by atoms with Gasteiger partial charge in [0.1, 0.15) is 5.69 Å². The van der Waals surface area contributed by atoms with E-state index in [1.165, 1.54) is 0 Å². The van der Waals surface area contributed by atoms with E-state index in [0.717, 1.165) is 33.6 Å². The third-order valence-corrected chi connectivity index (χ3v) is 6.17. The maximum Gasteiger partial charge on any atom is 0.211 e. The van der Waals surface area contributed by atoms with E-state index in [9.17, 15) is 8.42 Å². The molecule has 0 radical (unpaired) electrons. The van der Waals surface area contributed by atoms with E-state index in [2.05, 4.69) is 9.71 Å². The molecule has 2 heterocycles. The highest BCUT2D eigenvalue weighted by atomic mass is 32.2. The molecule has 152 valence electrons. The third-order valence-electron chi connectivity index (χ3n) is 4.83. The highest BCUT2D eigenvalue weighted by molar-refractivity contribution is 7.89. The number of benzene rings is 2. The minimum absolute atomic E-state index is 0.0685. The van der Waals surface area contributed by atoms with E-state index in [-0.39, 0.29) is 12.3 Å². The van der Waals surface area contributed by atoms with Gasteiger partial charge in [0.2, 0.25) is 10.0 Å². The largest absolute Gasteiger partial charge is 0.265 e. The molecule has 2 aromatic carbocycles. The first-order valence-electron chi connectivity index (χ1n) is 9.68. The van der Waals surface area contributed by atoms with Crippen molar-refractivity contribution in [1.29, 1.82) is 0 Å². The second kappa shape index (κ2) is 8.61. The summed E-state index contributed by atoms with van der Waals surface area (Å²) in [6, 6.07) is 21.7. The highest BCUT2D eigenvalue weighted by Crippen LogP contribution is 2.32. The predicted octanol–water partition coefficient (Wildman–Crippen LogP) is 4.04. The van der Waals surface area contributed by atoms with Crippen LogP contribution in [0.4, 0.5) is 0 Å². The standard InChI is InChI=1S/C23H22N4O2S/c1-2-30(28,29)25-16-18-8-10-19(11-9-18)22-17-27(21-6-4-3-5-7-21)26-23(22)20-12-14-24-15-13-20/h3-15,17,25H,2,16H2,1H3. The fraction of sp³-hybridized carbons (Fsp3) is 0.130. The third kappa shape index (κ3) is 4.48. The predicted molar refractivity (Wildman–Crippen MR) is 119 cm³/mol. The van der Waals surface area contributed by atoms with Gasteiger partial charge in [0.25, 0.3) is 0 Å². The van der Waals surface area contributed by atoms with Crippen LogP contribution in [-0.4, -0.2) is 28.9 Å². The molecule has 4 aromatic rings. The average Bonchev–Trinajstić information content (AvgIpc) is 3.25. The van der Waals surface area contributed by atoms with Crippen LogP contribution in [-0.2, 0) is 16.6 Å². The molecule has 0 spiro atoms. The molecule has 0 saturated carbocycles. The average molecular weight is 419 g/mol. The quantitative estimate of drug-likeness (QED) is 0.491. The van der Waals surface area contributed by atoms with Crippen LogP contribution in [0, 0.1) is 0 Å². The number of pyridine rings is 1. The SMILES string of the molecule is CCS(=O)(=O)NCc1ccc(-c2cn(-c3ccccc3)nc2-c2ccncc2)cc1. The van der Waals surface area contributed by atoms with Crippen molar-refractivity contribution in [2.24, 2.45) is 0 Å². The van der Waals surface area contributed by atoms with Crippen molar-refractivity contribution in [3.63, 3.8) is 0 Å². The summed E-state index contributed by atoms with van der Waals surface area (Å²) in [5.74, 6) is 0.0685. The maximum absolute atomic E-state index is 11.7. The molecule has 6 nitrogen and oxygen atoms in total. The van der Waals surface area contributed by atoms with E-state index in [0.29, 0.717) is 0 Å². The topological polar surface area (TPSA) is 76.9 Å². The van der Waals surface area contributed by atoms with Gasteiger partial charge in [0, 0.05) is 36.3 Å². The molecular formula is C23H22N4O2S. The minimum Gasteiger partial charge on any atom is -0.265 e. The molecule has 1 N–H and O–H groups in total. The number of hydrogen-bond donors (Lipinski definition) is 1. The minimum atomic E-state index is -3.22. The fourth-order valence-corrected chi connectivity index (χ4v) is 3.71. The van der Waals surface area contributed by atoms with Gasteiger partial charge in [-0.2, -0.15) is 5.10 Å². The van der Waals surface area contributed by atoms with Gasteiger partial charge in [-0.1, -0.05) is 42.5 Å². The zero-order valence-electron chi connectivity index (χ0n) is 16.6. The van der Waals surface area contributed by atoms with Crippen molar-refractivity contribution in [3.05, 3.63) is 90.9 Å². The molecule has 0 saturated heterocycles. The molecule has 0 unspecified atom stereocenters. The van der Waals surface area contributed by atoms with Crippen LogP contribution < -0.4 is 4.72 Å². The lowest BCUT2D eigenvalue weighted by Crippen LogP contribution is -2.24. The van der Waals surface area contributed by atoms with E-state index in [1.807, 2.05) is 77.6 Å². The Bertz CT molecular complexity index is 1220. The van der Waals surface area contributed by atoms with E-state index < -0.39 is 10.0 Å². The second-order valence-corrected chi connectivity index (χ2v) is 8.92. The molecule has 7 heteroatoms. The zero-order valence-corrected chi connectivity index (χ0v) is 17.4. The van der Waals surface area contributed by atoms with Crippen molar-refractivity contribution in [2.75, 3.05) is 5.75 Å². The number of aromatic nitrogens is 3. The van der Waals surface area contributed by atoms with Crippen molar-refractivity contribution in [2.45, 2.75) is 13.5 Å². The Balaban J connectivity index is 1.70. The zero-order chi connectivity index (χ0) is 21.0. The normalized spacial score (nSPS) is 11.5. The Morgan fingerprint density at radius 3 is 2.27 bits per heavy atom. The first-order valence-corrected chi connectivity index (χ1v) is 11.3. The molecule has 0 aliphatic carbocycles.